The Morgan fingerprint density at radius 2 is 1.89 bits per heavy atom. The van der Waals surface area contributed by atoms with Gasteiger partial charge in [0.1, 0.15) is 12.4 Å². The van der Waals surface area contributed by atoms with E-state index in [9.17, 15) is 0 Å². The molecule has 36 heavy (non-hydrogen) atoms. The third-order valence-corrected chi connectivity index (χ3v) is 7.58. The highest BCUT2D eigenvalue weighted by Gasteiger charge is 2.28. The smallest absolute Gasteiger partial charge is 0.225 e. The van der Waals surface area contributed by atoms with E-state index < -0.39 is 0 Å². The van der Waals surface area contributed by atoms with Gasteiger partial charge in [0.15, 0.2) is 0 Å². The van der Waals surface area contributed by atoms with Crippen LogP contribution in [0.4, 0.5) is 5.95 Å². The minimum Gasteiger partial charge on any atom is -0.371 e. The van der Waals surface area contributed by atoms with Crippen molar-refractivity contribution in [1.82, 2.24) is 24.8 Å². The maximum absolute atomic E-state index is 5.91. The lowest BCUT2D eigenvalue weighted by Crippen LogP contribution is -2.44. The number of imidazole rings is 1. The molecule has 0 aliphatic carbocycles. The van der Waals surface area contributed by atoms with E-state index in [2.05, 4.69) is 77.2 Å². The quantitative estimate of drug-likeness (QED) is 0.433. The van der Waals surface area contributed by atoms with Crippen molar-refractivity contribution in [3.63, 3.8) is 0 Å². The summed E-state index contributed by atoms with van der Waals surface area (Å²) >= 11 is 0. The number of hydrogen-bond donors (Lipinski definition) is 1. The van der Waals surface area contributed by atoms with Crippen molar-refractivity contribution in [2.75, 3.05) is 24.6 Å². The molecule has 0 spiro atoms. The van der Waals surface area contributed by atoms with Crippen molar-refractivity contribution in [3.8, 4) is 11.1 Å². The van der Waals surface area contributed by atoms with Crippen LogP contribution in [0.2, 0.25) is 0 Å². The summed E-state index contributed by atoms with van der Waals surface area (Å²) in [4.78, 5) is 17.0. The van der Waals surface area contributed by atoms with Gasteiger partial charge in [-0.2, -0.15) is 0 Å². The number of ether oxygens (including phenoxy) is 1. The fraction of sp³-hybridized carbons (Fsp3) is 0.414. The predicted octanol–water partition coefficient (Wildman–Crippen LogP) is 4.97. The van der Waals surface area contributed by atoms with E-state index in [4.69, 9.17) is 19.7 Å². The Balaban J connectivity index is 1.34. The summed E-state index contributed by atoms with van der Waals surface area (Å²) < 4.78 is 8.25. The highest BCUT2D eigenvalue weighted by atomic mass is 16.5. The minimum atomic E-state index is 0.113. The zero-order chi connectivity index (χ0) is 24.5. The van der Waals surface area contributed by atoms with Gasteiger partial charge in [-0.25, -0.2) is 15.0 Å². The first-order valence-corrected chi connectivity index (χ1v) is 13.2. The van der Waals surface area contributed by atoms with E-state index in [1.54, 1.807) is 0 Å². The van der Waals surface area contributed by atoms with Crippen LogP contribution in [0.5, 0.6) is 0 Å². The molecule has 186 valence electrons. The second kappa shape index (κ2) is 9.99. The summed E-state index contributed by atoms with van der Waals surface area (Å²) in [7, 11) is 0. The number of benzene rings is 2. The molecule has 4 aromatic rings. The maximum atomic E-state index is 5.91. The Bertz CT molecular complexity index is 1320. The molecule has 2 aromatic heterocycles. The molecule has 7 nitrogen and oxygen atoms in total. The molecule has 0 saturated carbocycles. The monoisotopic (exact) mass is 482 g/mol. The van der Waals surface area contributed by atoms with Crippen LogP contribution >= 0.6 is 0 Å². The normalized spacial score (nSPS) is 22.4. The molecular formula is C29H34N6O. The lowest BCUT2D eigenvalue weighted by atomic mass is 10.1. The van der Waals surface area contributed by atoms with E-state index in [1.807, 2.05) is 12.4 Å². The summed E-state index contributed by atoms with van der Waals surface area (Å²) in [6, 6.07) is 17.9. The number of nitrogens with one attached hydrogen (secondary N) is 1. The van der Waals surface area contributed by atoms with Gasteiger partial charge < -0.3 is 19.5 Å². The van der Waals surface area contributed by atoms with Crippen molar-refractivity contribution in [1.29, 1.82) is 0 Å². The summed E-state index contributed by atoms with van der Waals surface area (Å²) in [5, 5.41) is 3.59. The fourth-order valence-electron chi connectivity index (χ4n) is 5.74. The van der Waals surface area contributed by atoms with E-state index in [1.165, 1.54) is 5.56 Å². The molecule has 4 heterocycles. The van der Waals surface area contributed by atoms with Crippen LogP contribution in [0.1, 0.15) is 50.5 Å². The van der Waals surface area contributed by atoms with Crippen LogP contribution in [-0.4, -0.2) is 51.3 Å². The molecule has 0 bridgehead atoms. The van der Waals surface area contributed by atoms with Crippen LogP contribution in [0, 0.1) is 0 Å². The molecule has 3 atom stereocenters. The second-order valence-electron chi connectivity index (χ2n) is 10.0. The SMILES string of the molecule is CCC[C@@H]1CNCC[C@H](C)N1c1ncc(-c2ccc3nc4n(c3c2)[C@@H](c2ccccc2)COC4)cn1. The Hall–Kier alpha value is -3.29. The topological polar surface area (TPSA) is 68.1 Å². The minimum absolute atomic E-state index is 0.113. The van der Waals surface area contributed by atoms with Gasteiger partial charge in [0.05, 0.1) is 23.7 Å². The lowest BCUT2D eigenvalue weighted by Gasteiger charge is -2.34. The third kappa shape index (κ3) is 4.27. The average molecular weight is 483 g/mol. The number of fused-ring (bicyclic) bond motifs is 3. The van der Waals surface area contributed by atoms with Crippen LogP contribution in [0.3, 0.4) is 0 Å². The number of nitrogens with zero attached hydrogens (tertiary/aromatic N) is 5. The molecule has 0 radical (unpaired) electrons. The molecule has 2 aliphatic heterocycles. The fourth-order valence-corrected chi connectivity index (χ4v) is 5.74. The van der Waals surface area contributed by atoms with Gasteiger partial charge >= 0.3 is 0 Å². The summed E-state index contributed by atoms with van der Waals surface area (Å²) in [5.74, 6) is 1.80. The first kappa shape index (κ1) is 23.1. The summed E-state index contributed by atoms with van der Waals surface area (Å²) in [6.45, 7) is 7.74. The Morgan fingerprint density at radius 3 is 2.69 bits per heavy atom. The standard InChI is InChI=1S/C29H34N6O/c1-3-7-24-17-30-13-12-20(2)34(24)29-31-15-23(16-32-29)22-10-11-25-26(14-22)35-27(18-36-19-28(35)33-25)21-8-5-4-6-9-21/h4-6,8-11,14-16,20,24,27,30H,3,7,12-13,17-19H2,1-2H3/t20-,24+,27+/m0/s1. The van der Waals surface area contributed by atoms with Gasteiger partial charge in [-0.1, -0.05) is 49.7 Å². The summed E-state index contributed by atoms with van der Waals surface area (Å²) in [6.07, 6.45) is 7.34. The van der Waals surface area contributed by atoms with Crippen LogP contribution < -0.4 is 10.2 Å². The second-order valence-corrected chi connectivity index (χ2v) is 10.0. The number of anilines is 1. The molecular weight excluding hydrogens is 448 g/mol. The van der Waals surface area contributed by atoms with Gasteiger partial charge in [-0.05, 0) is 49.6 Å². The zero-order valence-corrected chi connectivity index (χ0v) is 21.1. The number of hydrogen-bond acceptors (Lipinski definition) is 6. The Morgan fingerprint density at radius 1 is 1.06 bits per heavy atom. The molecule has 7 heteroatoms. The van der Waals surface area contributed by atoms with Crippen molar-refractivity contribution in [3.05, 3.63) is 72.3 Å². The predicted molar refractivity (Wildman–Crippen MR) is 143 cm³/mol. The zero-order valence-electron chi connectivity index (χ0n) is 21.1. The van der Waals surface area contributed by atoms with E-state index in [0.29, 0.717) is 25.3 Å². The van der Waals surface area contributed by atoms with Crippen molar-refractivity contribution in [2.24, 2.45) is 0 Å². The maximum Gasteiger partial charge on any atom is 0.225 e. The molecule has 0 amide bonds. The lowest BCUT2D eigenvalue weighted by molar-refractivity contribution is 0.0679. The van der Waals surface area contributed by atoms with Crippen molar-refractivity contribution in [2.45, 2.75) is 57.8 Å². The van der Waals surface area contributed by atoms with Gasteiger partial charge in [0, 0.05) is 36.6 Å². The van der Waals surface area contributed by atoms with Crippen LogP contribution in [0.25, 0.3) is 22.2 Å². The molecule has 2 aromatic carbocycles. The largest absolute Gasteiger partial charge is 0.371 e. The van der Waals surface area contributed by atoms with Crippen molar-refractivity contribution < 1.29 is 4.74 Å². The Kier molecular flexibility index (Phi) is 6.42. The highest BCUT2D eigenvalue weighted by molar-refractivity contribution is 5.83. The number of aromatic nitrogens is 4. The molecule has 1 fully saturated rings. The number of rotatable bonds is 5. The first-order chi connectivity index (χ1) is 17.7. The molecule has 1 N–H and O–H groups in total. The van der Waals surface area contributed by atoms with E-state index in [0.717, 1.165) is 66.3 Å². The highest BCUT2D eigenvalue weighted by Crippen LogP contribution is 2.33. The average Bonchev–Trinajstić information content (AvgIpc) is 3.20. The van der Waals surface area contributed by atoms with Crippen LogP contribution in [0.15, 0.2) is 60.9 Å². The molecule has 2 aliphatic rings. The molecule has 6 rings (SSSR count). The van der Waals surface area contributed by atoms with E-state index in [-0.39, 0.29) is 6.04 Å². The molecule has 0 unspecified atom stereocenters. The molecule has 1 saturated heterocycles. The van der Waals surface area contributed by atoms with E-state index >= 15 is 0 Å². The van der Waals surface area contributed by atoms with Gasteiger partial charge in [0.25, 0.3) is 0 Å². The van der Waals surface area contributed by atoms with Crippen molar-refractivity contribution >= 4 is 17.0 Å². The first-order valence-electron chi connectivity index (χ1n) is 13.2. The third-order valence-electron chi connectivity index (χ3n) is 7.58. The Labute approximate surface area is 212 Å². The van der Waals surface area contributed by atoms with Gasteiger partial charge in [-0.15, -0.1) is 0 Å². The summed E-state index contributed by atoms with van der Waals surface area (Å²) in [5.41, 5.74) is 5.47. The van der Waals surface area contributed by atoms with Gasteiger partial charge in [-0.3, -0.25) is 0 Å². The van der Waals surface area contributed by atoms with Gasteiger partial charge in [0.2, 0.25) is 5.95 Å². The van der Waals surface area contributed by atoms with Crippen LogP contribution in [-0.2, 0) is 11.3 Å².